The third-order valence-electron chi connectivity index (χ3n) is 6.58. The zero-order chi connectivity index (χ0) is 24.7. The molecule has 1 aliphatic carbocycles. The van der Waals surface area contributed by atoms with Crippen LogP contribution in [0.4, 0.5) is 4.39 Å². The maximum Gasteiger partial charge on any atom is 0.254 e. The molecule has 1 aromatic rings. The monoisotopic (exact) mass is 476 g/mol. The summed E-state index contributed by atoms with van der Waals surface area (Å²) in [6.07, 6.45) is 5.75. The van der Waals surface area contributed by atoms with Crippen LogP contribution in [0.15, 0.2) is 24.3 Å². The SMILES string of the molecule is COCC(=O)N1CCN(C(=O)c2cccc(F)c2)C[C@@H]1C(=O)N[C@@H](CC1CCCCC1)C(N)=O. The van der Waals surface area contributed by atoms with Gasteiger partial charge in [0, 0.05) is 25.8 Å². The van der Waals surface area contributed by atoms with Crippen LogP contribution in [-0.2, 0) is 19.1 Å². The minimum Gasteiger partial charge on any atom is -0.375 e. The Morgan fingerprint density at radius 2 is 1.91 bits per heavy atom. The lowest BCUT2D eigenvalue weighted by atomic mass is 9.84. The molecule has 1 saturated carbocycles. The molecule has 3 rings (SSSR count). The number of nitrogens with two attached hydrogens (primary N) is 1. The van der Waals surface area contributed by atoms with Crippen LogP contribution in [0.25, 0.3) is 0 Å². The Bertz CT molecular complexity index is 905. The second-order valence-electron chi connectivity index (χ2n) is 9.00. The average Bonchev–Trinajstić information content (AvgIpc) is 2.83. The number of primary amides is 1. The maximum atomic E-state index is 13.6. The van der Waals surface area contributed by atoms with Crippen LogP contribution >= 0.6 is 0 Å². The van der Waals surface area contributed by atoms with Gasteiger partial charge >= 0.3 is 0 Å². The predicted molar refractivity (Wildman–Crippen MR) is 122 cm³/mol. The zero-order valence-corrected chi connectivity index (χ0v) is 19.5. The number of rotatable bonds is 8. The topological polar surface area (TPSA) is 122 Å². The minimum absolute atomic E-state index is 0.0917. The number of amides is 4. The van der Waals surface area contributed by atoms with Gasteiger partial charge in [0.1, 0.15) is 24.5 Å². The van der Waals surface area contributed by atoms with E-state index in [4.69, 9.17) is 10.5 Å². The predicted octanol–water partition coefficient (Wildman–Crippen LogP) is 1.07. The van der Waals surface area contributed by atoms with Crippen molar-refractivity contribution >= 4 is 23.6 Å². The lowest BCUT2D eigenvalue weighted by Gasteiger charge is -2.41. The second kappa shape index (κ2) is 11.9. The molecule has 34 heavy (non-hydrogen) atoms. The molecule has 1 saturated heterocycles. The van der Waals surface area contributed by atoms with Crippen LogP contribution in [-0.4, -0.2) is 78.9 Å². The molecule has 2 fully saturated rings. The Balaban J connectivity index is 1.75. The van der Waals surface area contributed by atoms with Crippen molar-refractivity contribution in [3.05, 3.63) is 35.6 Å². The lowest BCUT2D eigenvalue weighted by Crippen LogP contribution is -2.63. The first kappa shape index (κ1) is 25.6. The Morgan fingerprint density at radius 1 is 1.18 bits per heavy atom. The van der Waals surface area contributed by atoms with Gasteiger partial charge in [0.15, 0.2) is 0 Å². The molecule has 3 N–H and O–H groups in total. The van der Waals surface area contributed by atoms with Gasteiger partial charge in [-0.15, -0.1) is 0 Å². The van der Waals surface area contributed by atoms with Crippen molar-refractivity contribution in [3.8, 4) is 0 Å². The molecule has 10 heteroatoms. The van der Waals surface area contributed by atoms with Gasteiger partial charge in [0.25, 0.3) is 5.91 Å². The van der Waals surface area contributed by atoms with Crippen LogP contribution in [0.2, 0.25) is 0 Å². The summed E-state index contributed by atoms with van der Waals surface area (Å²) < 4.78 is 18.6. The quantitative estimate of drug-likeness (QED) is 0.581. The van der Waals surface area contributed by atoms with Crippen LogP contribution in [0.3, 0.4) is 0 Å². The number of nitrogens with one attached hydrogen (secondary N) is 1. The highest BCUT2D eigenvalue weighted by Gasteiger charge is 2.38. The summed E-state index contributed by atoms with van der Waals surface area (Å²) in [6.45, 7) is -0.0322. The molecule has 0 unspecified atom stereocenters. The Hall–Kier alpha value is -3.01. The van der Waals surface area contributed by atoms with Crippen molar-refractivity contribution in [1.29, 1.82) is 0 Å². The van der Waals surface area contributed by atoms with Crippen molar-refractivity contribution in [3.63, 3.8) is 0 Å². The molecule has 1 heterocycles. The summed E-state index contributed by atoms with van der Waals surface area (Å²) in [5, 5.41) is 2.72. The van der Waals surface area contributed by atoms with Crippen LogP contribution in [0, 0.1) is 11.7 Å². The Kier molecular flexibility index (Phi) is 8.98. The molecule has 0 spiro atoms. The Labute approximate surface area is 198 Å². The van der Waals surface area contributed by atoms with E-state index in [1.54, 1.807) is 0 Å². The Morgan fingerprint density at radius 3 is 2.56 bits per heavy atom. The third-order valence-corrected chi connectivity index (χ3v) is 6.58. The zero-order valence-electron chi connectivity index (χ0n) is 19.5. The molecule has 1 aromatic carbocycles. The highest BCUT2D eigenvalue weighted by molar-refractivity contribution is 5.96. The van der Waals surface area contributed by atoms with E-state index >= 15 is 0 Å². The molecule has 2 atom stereocenters. The number of hydrogen-bond acceptors (Lipinski definition) is 5. The van der Waals surface area contributed by atoms with Gasteiger partial charge in [0.05, 0.1) is 6.54 Å². The fourth-order valence-electron chi connectivity index (χ4n) is 4.77. The van der Waals surface area contributed by atoms with E-state index in [2.05, 4.69) is 5.32 Å². The standard InChI is InChI=1S/C24H33FN4O5/c1-34-15-21(30)29-11-10-28(24(33)17-8-5-9-18(25)13-17)14-20(29)23(32)27-19(22(26)31)12-16-6-3-2-4-7-16/h5,8-9,13,16,19-20H,2-4,6-7,10-12,14-15H2,1H3,(H2,26,31)(H,27,32)/t19-,20+/m0/s1. The summed E-state index contributed by atoms with van der Waals surface area (Å²) in [5.41, 5.74) is 5.74. The van der Waals surface area contributed by atoms with Crippen LogP contribution in [0.5, 0.6) is 0 Å². The van der Waals surface area contributed by atoms with E-state index in [1.807, 2.05) is 0 Å². The van der Waals surface area contributed by atoms with Crippen molar-refractivity contribution < 1.29 is 28.3 Å². The van der Waals surface area contributed by atoms with Gasteiger partial charge in [-0.25, -0.2) is 4.39 Å². The third kappa shape index (κ3) is 6.53. The molecule has 0 aromatic heterocycles. The normalized spacial score (nSPS) is 20.0. The number of methoxy groups -OCH3 is 1. The number of carbonyl (C=O) groups is 4. The molecule has 9 nitrogen and oxygen atoms in total. The summed E-state index contributed by atoms with van der Waals surface area (Å²) in [4.78, 5) is 53.7. The van der Waals surface area contributed by atoms with E-state index in [1.165, 1.54) is 35.1 Å². The minimum atomic E-state index is -1.03. The number of carbonyl (C=O) groups excluding carboxylic acids is 4. The first-order chi connectivity index (χ1) is 16.3. The van der Waals surface area contributed by atoms with Gasteiger partial charge in [-0.2, -0.15) is 0 Å². The van der Waals surface area contributed by atoms with E-state index < -0.39 is 41.5 Å². The lowest BCUT2D eigenvalue weighted by molar-refractivity contribution is -0.146. The van der Waals surface area contributed by atoms with Crippen molar-refractivity contribution in [2.75, 3.05) is 33.4 Å². The van der Waals surface area contributed by atoms with Crippen molar-refractivity contribution in [2.24, 2.45) is 11.7 Å². The van der Waals surface area contributed by atoms with Gasteiger partial charge in [0.2, 0.25) is 17.7 Å². The van der Waals surface area contributed by atoms with Gasteiger partial charge in [-0.3, -0.25) is 19.2 Å². The number of hydrogen-bond donors (Lipinski definition) is 2. The first-order valence-corrected chi connectivity index (χ1v) is 11.7. The molecule has 4 amide bonds. The molecule has 1 aliphatic heterocycles. The maximum absolute atomic E-state index is 13.6. The smallest absolute Gasteiger partial charge is 0.254 e. The molecular formula is C24H33FN4O5. The summed E-state index contributed by atoms with van der Waals surface area (Å²) >= 11 is 0. The number of nitrogens with zero attached hydrogens (tertiary/aromatic N) is 2. The van der Waals surface area contributed by atoms with Crippen LogP contribution < -0.4 is 11.1 Å². The van der Waals surface area contributed by atoms with Gasteiger partial charge in [-0.05, 0) is 30.5 Å². The largest absolute Gasteiger partial charge is 0.375 e. The van der Waals surface area contributed by atoms with Gasteiger partial charge < -0.3 is 25.6 Å². The van der Waals surface area contributed by atoms with E-state index in [0.29, 0.717) is 12.3 Å². The van der Waals surface area contributed by atoms with Gasteiger partial charge in [-0.1, -0.05) is 38.2 Å². The highest BCUT2D eigenvalue weighted by Crippen LogP contribution is 2.27. The summed E-state index contributed by atoms with van der Waals surface area (Å²) in [6, 6.07) is 3.42. The van der Waals surface area contributed by atoms with Crippen molar-refractivity contribution in [2.45, 2.75) is 50.6 Å². The molecule has 0 bridgehead atoms. The number of benzene rings is 1. The number of halogens is 1. The number of ether oxygens (including phenoxy) is 1. The van der Waals surface area contributed by atoms with E-state index in [9.17, 15) is 23.6 Å². The van der Waals surface area contributed by atoms with Crippen LogP contribution in [0.1, 0.15) is 48.9 Å². The first-order valence-electron chi connectivity index (χ1n) is 11.7. The second-order valence-corrected chi connectivity index (χ2v) is 9.00. The fourth-order valence-corrected chi connectivity index (χ4v) is 4.77. The summed E-state index contributed by atoms with van der Waals surface area (Å²) in [5.74, 6) is -2.26. The molecule has 186 valence electrons. The molecule has 2 aliphatic rings. The fraction of sp³-hybridized carbons (Fsp3) is 0.583. The molecule has 0 radical (unpaired) electrons. The van der Waals surface area contributed by atoms with Crippen molar-refractivity contribution in [1.82, 2.24) is 15.1 Å². The average molecular weight is 477 g/mol. The van der Waals surface area contributed by atoms with E-state index in [0.717, 1.165) is 38.2 Å². The molecular weight excluding hydrogens is 443 g/mol. The number of piperazine rings is 1. The summed E-state index contributed by atoms with van der Waals surface area (Å²) in [7, 11) is 1.38. The van der Waals surface area contributed by atoms with E-state index in [-0.39, 0.29) is 31.8 Å². The highest BCUT2D eigenvalue weighted by atomic mass is 19.1.